The van der Waals surface area contributed by atoms with Gasteiger partial charge in [0.15, 0.2) is 0 Å². The SMILES string of the molecule is Cc1cccc(C(NN)c2ccnc(Cl)c2)c1. The van der Waals surface area contributed by atoms with E-state index < -0.39 is 0 Å². The molecule has 3 N–H and O–H groups in total. The van der Waals surface area contributed by atoms with Gasteiger partial charge in [-0.3, -0.25) is 5.84 Å². The van der Waals surface area contributed by atoms with E-state index in [4.69, 9.17) is 17.4 Å². The first kappa shape index (κ1) is 12.0. The predicted octanol–water partition coefficient (Wildman–Crippen LogP) is 2.60. The van der Waals surface area contributed by atoms with Crippen LogP contribution in [0.4, 0.5) is 0 Å². The number of nitrogens with one attached hydrogen (secondary N) is 1. The zero-order valence-electron chi connectivity index (χ0n) is 9.52. The maximum Gasteiger partial charge on any atom is 0.129 e. The molecule has 0 aliphatic carbocycles. The highest BCUT2D eigenvalue weighted by atomic mass is 35.5. The third-order valence-electron chi connectivity index (χ3n) is 2.63. The summed E-state index contributed by atoms with van der Waals surface area (Å²) in [5.74, 6) is 5.62. The van der Waals surface area contributed by atoms with Gasteiger partial charge < -0.3 is 0 Å². The molecule has 1 heterocycles. The second kappa shape index (κ2) is 5.27. The van der Waals surface area contributed by atoms with E-state index in [1.165, 1.54) is 5.56 Å². The molecule has 2 rings (SSSR count). The number of hydrazine groups is 1. The van der Waals surface area contributed by atoms with Crippen LogP contribution in [0.3, 0.4) is 0 Å². The van der Waals surface area contributed by atoms with Gasteiger partial charge in [-0.15, -0.1) is 0 Å². The Bertz CT molecular complexity index is 468. The molecule has 88 valence electrons. The van der Waals surface area contributed by atoms with Gasteiger partial charge in [0.05, 0.1) is 6.04 Å². The molecule has 2 aromatic rings. The highest BCUT2D eigenvalue weighted by molar-refractivity contribution is 6.29. The number of benzene rings is 1. The lowest BCUT2D eigenvalue weighted by atomic mass is 9.99. The van der Waals surface area contributed by atoms with E-state index in [0.717, 1.165) is 11.1 Å². The van der Waals surface area contributed by atoms with Gasteiger partial charge >= 0.3 is 0 Å². The summed E-state index contributed by atoms with van der Waals surface area (Å²) in [7, 11) is 0. The van der Waals surface area contributed by atoms with E-state index in [2.05, 4.69) is 29.5 Å². The van der Waals surface area contributed by atoms with Crippen LogP contribution < -0.4 is 11.3 Å². The molecule has 0 saturated carbocycles. The first-order chi connectivity index (χ1) is 8.20. The molecule has 1 unspecified atom stereocenters. The summed E-state index contributed by atoms with van der Waals surface area (Å²) in [5.41, 5.74) is 6.10. The fourth-order valence-electron chi connectivity index (χ4n) is 1.83. The van der Waals surface area contributed by atoms with Crippen LogP contribution in [0, 0.1) is 6.92 Å². The van der Waals surface area contributed by atoms with E-state index in [9.17, 15) is 0 Å². The zero-order valence-corrected chi connectivity index (χ0v) is 10.3. The van der Waals surface area contributed by atoms with Gasteiger partial charge in [-0.2, -0.15) is 0 Å². The van der Waals surface area contributed by atoms with Gasteiger partial charge in [0.2, 0.25) is 0 Å². The van der Waals surface area contributed by atoms with Crippen LogP contribution in [0.25, 0.3) is 0 Å². The lowest BCUT2D eigenvalue weighted by Crippen LogP contribution is -2.28. The Morgan fingerprint density at radius 2 is 2.00 bits per heavy atom. The van der Waals surface area contributed by atoms with Crippen molar-refractivity contribution in [3.05, 3.63) is 64.4 Å². The lowest BCUT2D eigenvalue weighted by molar-refractivity contribution is 0.636. The van der Waals surface area contributed by atoms with E-state index >= 15 is 0 Å². The fourth-order valence-corrected chi connectivity index (χ4v) is 2.01. The molecule has 0 fully saturated rings. The number of hydrogen-bond acceptors (Lipinski definition) is 3. The van der Waals surface area contributed by atoms with Crippen molar-refractivity contribution in [3.8, 4) is 0 Å². The molecule has 1 atom stereocenters. The lowest BCUT2D eigenvalue weighted by Gasteiger charge is -2.17. The molecule has 3 nitrogen and oxygen atoms in total. The molecule has 0 saturated heterocycles. The Kier molecular flexibility index (Phi) is 3.74. The summed E-state index contributed by atoms with van der Waals surface area (Å²) in [6, 6.07) is 11.8. The molecular weight excluding hydrogens is 234 g/mol. The molecule has 1 aromatic heterocycles. The zero-order chi connectivity index (χ0) is 12.3. The minimum atomic E-state index is -0.0737. The average Bonchev–Trinajstić information content (AvgIpc) is 2.30. The molecule has 0 bridgehead atoms. The van der Waals surface area contributed by atoms with Crippen LogP contribution in [0.2, 0.25) is 5.15 Å². The van der Waals surface area contributed by atoms with E-state index in [1.54, 1.807) is 6.20 Å². The molecular formula is C13H14ClN3. The van der Waals surface area contributed by atoms with Crippen LogP contribution in [0.5, 0.6) is 0 Å². The number of rotatable bonds is 3. The highest BCUT2D eigenvalue weighted by Crippen LogP contribution is 2.23. The van der Waals surface area contributed by atoms with Crippen molar-refractivity contribution < 1.29 is 0 Å². The summed E-state index contributed by atoms with van der Waals surface area (Å²) in [5, 5.41) is 0.468. The maximum atomic E-state index is 5.88. The van der Waals surface area contributed by atoms with Crippen molar-refractivity contribution in [1.29, 1.82) is 0 Å². The molecule has 0 aliphatic heterocycles. The summed E-state index contributed by atoms with van der Waals surface area (Å²) in [6.45, 7) is 2.05. The van der Waals surface area contributed by atoms with Crippen LogP contribution in [-0.2, 0) is 0 Å². The van der Waals surface area contributed by atoms with Crippen molar-refractivity contribution in [3.63, 3.8) is 0 Å². The van der Waals surface area contributed by atoms with Gasteiger partial charge in [0.25, 0.3) is 0 Å². The van der Waals surface area contributed by atoms with Gasteiger partial charge in [-0.05, 0) is 30.2 Å². The van der Waals surface area contributed by atoms with E-state index in [0.29, 0.717) is 5.15 Å². The Morgan fingerprint density at radius 1 is 1.24 bits per heavy atom. The molecule has 0 spiro atoms. The molecule has 4 heteroatoms. The minimum absolute atomic E-state index is 0.0737. The first-order valence-corrected chi connectivity index (χ1v) is 5.72. The second-order valence-electron chi connectivity index (χ2n) is 3.93. The maximum absolute atomic E-state index is 5.88. The number of hydrogen-bond donors (Lipinski definition) is 2. The van der Waals surface area contributed by atoms with Crippen LogP contribution in [-0.4, -0.2) is 4.98 Å². The average molecular weight is 248 g/mol. The minimum Gasteiger partial charge on any atom is -0.271 e. The predicted molar refractivity (Wildman–Crippen MR) is 69.6 cm³/mol. The number of aryl methyl sites for hydroxylation is 1. The van der Waals surface area contributed by atoms with E-state index in [-0.39, 0.29) is 6.04 Å². The van der Waals surface area contributed by atoms with Crippen molar-refractivity contribution >= 4 is 11.6 Å². The van der Waals surface area contributed by atoms with Crippen LogP contribution >= 0.6 is 11.6 Å². The standard InChI is InChI=1S/C13H14ClN3/c1-9-3-2-4-10(7-9)13(17-15)11-5-6-16-12(14)8-11/h2-8,13,17H,15H2,1H3. The highest BCUT2D eigenvalue weighted by Gasteiger charge is 2.12. The van der Waals surface area contributed by atoms with Crippen LogP contribution in [0.15, 0.2) is 42.6 Å². The smallest absolute Gasteiger partial charge is 0.129 e. The van der Waals surface area contributed by atoms with Crippen molar-refractivity contribution in [1.82, 2.24) is 10.4 Å². The van der Waals surface area contributed by atoms with Gasteiger partial charge in [-0.25, -0.2) is 10.4 Å². The first-order valence-electron chi connectivity index (χ1n) is 5.35. The topological polar surface area (TPSA) is 50.9 Å². The normalized spacial score (nSPS) is 12.4. The second-order valence-corrected chi connectivity index (χ2v) is 4.31. The number of aromatic nitrogens is 1. The number of pyridine rings is 1. The third kappa shape index (κ3) is 2.82. The Hall–Kier alpha value is -1.42. The van der Waals surface area contributed by atoms with Crippen LogP contribution in [0.1, 0.15) is 22.7 Å². The molecule has 0 radical (unpaired) electrons. The monoisotopic (exact) mass is 247 g/mol. The van der Waals surface area contributed by atoms with Gasteiger partial charge in [0.1, 0.15) is 5.15 Å². The van der Waals surface area contributed by atoms with Crippen molar-refractivity contribution in [2.45, 2.75) is 13.0 Å². The van der Waals surface area contributed by atoms with E-state index in [1.807, 2.05) is 24.3 Å². The molecule has 17 heavy (non-hydrogen) atoms. The van der Waals surface area contributed by atoms with Gasteiger partial charge in [0, 0.05) is 6.20 Å². The number of halogens is 1. The Balaban J connectivity index is 2.40. The largest absolute Gasteiger partial charge is 0.271 e. The summed E-state index contributed by atoms with van der Waals surface area (Å²) >= 11 is 5.88. The Morgan fingerprint density at radius 3 is 2.65 bits per heavy atom. The summed E-state index contributed by atoms with van der Waals surface area (Å²) in [6.07, 6.45) is 1.68. The molecule has 0 aliphatic rings. The fraction of sp³-hybridized carbons (Fsp3) is 0.154. The summed E-state index contributed by atoms with van der Waals surface area (Å²) < 4.78 is 0. The van der Waals surface area contributed by atoms with Crippen molar-refractivity contribution in [2.75, 3.05) is 0 Å². The molecule has 0 amide bonds. The number of nitrogens with two attached hydrogens (primary N) is 1. The van der Waals surface area contributed by atoms with Crippen molar-refractivity contribution in [2.24, 2.45) is 5.84 Å². The van der Waals surface area contributed by atoms with Gasteiger partial charge in [-0.1, -0.05) is 41.4 Å². The Labute approximate surface area is 106 Å². The third-order valence-corrected chi connectivity index (χ3v) is 2.83. The summed E-state index contributed by atoms with van der Waals surface area (Å²) in [4.78, 5) is 3.96. The number of nitrogens with zero attached hydrogens (tertiary/aromatic N) is 1. The quantitative estimate of drug-likeness (QED) is 0.498. The molecule has 1 aromatic carbocycles.